The van der Waals surface area contributed by atoms with Crippen molar-refractivity contribution in [2.24, 2.45) is 0 Å². The fourth-order valence-electron chi connectivity index (χ4n) is 1.49. The van der Waals surface area contributed by atoms with E-state index in [0.29, 0.717) is 0 Å². The van der Waals surface area contributed by atoms with E-state index in [-0.39, 0.29) is 0 Å². The summed E-state index contributed by atoms with van der Waals surface area (Å²) in [7, 11) is 0. The van der Waals surface area contributed by atoms with Crippen molar-refractivity contribution in [1.82, 2.24) is 5.32 Å². The summed E-state index contributed by atoms with van der Waals surface area (Å²) in [5, 5.41) is 49.0. The third kappa shape index (κ3) is 3.60. The van der Waals surface area contributed by atoms with Gasteiger partial charge in [-0.25, -0.2) is 0 Å². The van der Waals surface area contributed by atoms with Gasteiger partial charge in [0.2, 0.25) is 0 Å². The van der Waals surface area contributed by atoms with Crippen LogP contribution in [0.4, 0.5) is 0 Å². The van der Waals surface area contributed by atoms with Gasteiger partial charge in [0.15, 0.2) is 6.10 Å². The zero-order chi connectivity index (χ0) is 15.0. The number of hydrogen-bond donors (Lipinski definition) is 6. The lowest BCUT2D eigenvalue weighted by Crippen LogP contribution is -2.72. The van der Waals surface area contributed by atoms with Gasteiger partial charge in [-0.15, -0.1) is 0 Å². The lowest BCUT2D eigenvalue weighted by molar-refractivity contribution is -0.358. The van der Waals surface area contributed by atoms with Crippen LogP contribution in [0.3, 0.4) is 0 Å². The van der Waals surface area contributed by atoms with E-state index < -0.39 is 46.6 Å². The number of amides is 1. The zero-order valence-electron chi connectivity index (χ0n) is 9.20. The quantitative estimate of drug-likeness (QED) is 0.243. The van der Waals surface area contributed by atoms with Crippen molar-refractivity contribution in [2.75, 3.05) is 6.61 Å². The summed E-state index contributed by atoms with van der Waals surface area (Å²) in [5.74, 6) is -4.16. The average molecular weight is 341 g/mol. The number of ether oxygens (including phenoxy) is 1. The Labute approximate surface area is 122 Å². The molecule has 0 aromatic rings. The van der Waals surface area contributed by atoms with Crippen LogP contribution in [0.15, 0.2) is 0 Å². The predicted octanol–water partition coefficient (Wildman–Crippen LogP) is -2.41. The van der Waals surface area contributed by atoms with Gasteiger partial charge >= 0.3 is 0 Å². The largest absolute Gasteiger partial charge is 0.394 e. The average Bonchev–Trinajstić information content (AvgIpc) is 2.30. The van der Waals surface area contributed by atoms with Crippen molar-refractivity contribution in [3.63, 3.8) is 0 Å². The van der Waals surface area contributed by atoms with Crippen LogP contribution in [0.5, 0.6) is 0 Å². The number of aliphatic hydroxyl groups is 5. The first-order valence-corrected chi connectivity index (χ1v) is 6.11. The van der Waals surface area contributed by atoms with E-state index >= 15 is 0 Å². The first kappa shape index (κ1) is 17.2. The molecule has 1 aliphatic rings. The highest BCUT2D eigenvalue weighted by atomic mass is 35.6. The van der Waals surface area contributed by atoms with Crippen LogP contribution in [0.2, 0.25) is 0 Å². The molecule has 1 amide bonds. The fraction of sp³-hybridized carbons (Fsp3) is 0.875. The first-order chi connectivity index (χ1) is 8.53. The van der Waals surface area contributed by atoms with Gasteiger partial charge < -0.3 is 30.3 Å². The van der Waals surface area contributed by atoms with Gasteiger partial charge in [-0.05, 0) is 0 Å². The second-order valence-corrected chi connectivity index (χ2v) is 6.19. The molecule has 1 fully saturated rings. The molecule has 1 aliphatic heterocycles. The van der Waals surface area contributed by atoms with Crippen LogP contribution in [0, 0.1) is 0 Å². The van der Waals surface area contributed by atoms with E-state index in [4.69, 9.17) is 44.6 Å². The molecular formula is C8H12Cl3NO7. The summed E-state index contributed by atoms with van der Waals surface area (Å²) in [5.41, 5.74) is 0. The minimum atomic E-state index is -2.83. The summed E-state index contributed by atoms with van der Waals surface area (Å²) < 4.78 is 2.27. The zero-order valence-corrected chi connectivity index (χ0v) is 11.5. The number of halogens is 3. The van der Waals surface area contributed by atoms with Crippen molar-refractivity contribution in [1.29, 1.82) is 0 Å². The molecule has 0 saturated carbocycles. The maximum Gasteiger partial charge on any atom is 0.279 e. The number of nitrogens with one attached hydrogen (secondary N) is 1. The fourth-order valence-corrected chi connectivity index (χ4v) is 1.63. The molecule has 0 aromatic heterocycles. The number of alkyl halides is 3. The van der Waals surface area contributed by atoms with Crippen LogP contribution >= 0.6 is 34.8 Å². The molecule has 1 rings (SSSR count). The van der Waals surface area contributed by atoms with Crippen molar-refractivity contribution in [3.8, 4) is 0 Å². The monoisotopic (exact) mass is 339 g/mol. The van der Waals surface area contributed by atoms with E-state index in [9.17, 15) is 25.2 Å². The van der Waals surface area contributed by atoms with E-state index in [1.807, 2.05) is 0 Å². The molecule has 0 spiro atoms. The Balaban J connectivity index is 2.93. The summed E-state index contributed by atoms with van der Waals surface area (Å²) in [6.45, 7) is -0.795. The second-order valence-electron chi connectivity index (χ2n) is 3.91. The smallest absolute Gasteiger partial charge is 0.279 e. The number of carbonyl (C=O) groups excluding carboxylic acids is 1. The summed E-state index contributed by atoms with van der Waals surface area (Å²) in [6, 6.07) is 0. The molecule has 0 aliphatic carbocycles. The molecule has 0 radical (unpaired) electrons. The molecule has 1 saturated heterocycles. The Morgan fingerprint density at radius 1 is 1.26 bits per heavy atom. The van der Waals surface area contributed by atoms with Crippen molar-refractivity contribution < 1.29 is 35.1 Å². The van der Waals surface area contributed by atoms with Crippen LogP contribution < -0.4 is 5.32 Å². The molecule has 11 heteroatoms. The number of rotatable bonds is 2. The first-order valence-electron chi connectivity index (χ1n) is 4.97. The number of aliphatic hydroxyl groups excluding tert-OH is 4. The highest BCUT2D eigenvalue weighted by Gasteiger charge is 2.55. The minimum absolute atomic E-state index is 0.795. The Hall–Kier alpha value is 0.1000. The van der Waals surface area contributed by atoms with Gasteiger partial charge in [-0.2, -0.15) is 0 Å². The highest BCUT2D eigenvalue weighted by Crippen LogP contribution is 2.30. The molecule has 0 aromatic carbocycles. The highest BCUT2D eigenvalue weighted by molar-refractivity contribution is 6.76. The molecule has 1 heterocycles. The van der Waals surface area contributed by atoms with Crippen molar-refractivity contribution >= 4 is 40.7 Å². The van der Waals surface area contributed by atoms with Crippen LogP contribution in [-0.2, 0) is 9.53 Å². The molecule has 1 unspecified atom stereocenters. The van der Waals surface area contributed by atoms with E-state index in [1.165, 1.54) is 0 Å². The number of carbonyl (C=O) groups is 1. The molecule has 5 atom stereocenters. The molecule has 112 valence electrons. The summed E-state index contributed by atoms with van der Waals surface area (Å²) in [4.78, 5) is 11.4. The predicted molar refractivity (Wildman–Crippen MR) is 63.4 cm³/mol. The van der Waals surface area contributed by atoms with Gasteiger partial charge in [-0.3, -0.25) is 10.1 Å². The van der Waals surface area contributed by atoms with Gasteiger partial charge in [0, 0.05) is 0 Å². The maximum absolute atomic E-state index is 11.4. The van der Waals surface area contributed by atoms with Crippen LogP contribution in [-0.4, -0.2) is 72.2 Å². The molecule has 6 N–H and O–H groups in total. The van der Waals surface area contributed by atoms with Gasteiger partial charge in [-0.1, -0.05) is 34.8 Å². The van der Waals surface area contributed by atoms with E-state index in [0.717, 1.165) is 0 Å². The normalized spacial score (nSPS) is 40.0. The van der Waals surface area contributed by atoms with Crippen molar-refractivity contribution in [2.45, 2.75) is 34.1 Å². The SMILES string of the molecule is O=C(NC1(O)O[C@H](CO)[C@@H](O)[C@H](O)[C@H]1O)C(Cl)(Cl)Cl. The van der Waals surface area contributed by atoms with Gasteiger partial charge in [0.1, 0.15) is 18.3 Å². The lowest BCUT2D eigenvalue weighted by atomic mass is 9.96. The summed E-state index contributed by atoms with van der Waals surface area (Å²) >= 11 is 15.8. The standard InChI is InChI=1S/C8H12Cl3NO7/c9-7(10,11)6(17)12-8(18)5(16)4(15)3(14)2(1-13)19-8/h2-5,13-16,18H,1H2,(H,12,17)/t2-,3-,4+,5-,8?/m1/s1. The molecule has 0 bridgehead atoms. The molecular weight excluding hydrogens is 328 g/mol. The van der Waals surface area contributed by atoms with Crippen LogP contribution in [0.1, 0.15) is 0 Å². The molecule has 8 nitrogen and oxygen atoms in total. The minimum Gasteiger partial charge on any atom is -0.394 e. The Morgan fingerprint density at radius 2 is 1.79 bits per heavy atom. The van der Waals surface area contributed by atoms with Gasteiger partial charge in [0.05, 0.1) is 6.61 Å². The van der Waals surface area contributed by atoms with Crippen LogP contribution in [0.25, 0.3) is 0 Å². The maximum atomic E-state index is 11.4. The second kappa shape index (κ2) is 5.84. The Bertz CT molecular complexity index is 350. The van der Waals surface area contributed by atoms with Gasteiger partial charge in [0.25, 0.3) is 15.6 Å². The third-order valence-corrected chi connectivity index (χ3v) is 3.03. The third-order valence-electron chi connectivity index (χ3n) is 2.52. The Kier molecular flexibility index (Phi) is 5.27. The van der Waals surface area contributed by atoms with E-state index in [1.54, 1.807) is 5.32 Å². The number of hydrogen-bond acceptors (Lipinski definition) is 7. The topological polar surface area (TPSA) is 139 Å². The lowest BCUT2D eigenvalue weighted by Gasteiger charge is -2.45. The summed E-state index contributed by atoms with van der Waals surface area (Å²) in [6.07, 6.45) is -7.16. The van der Waals surface area contributed by atoms with E-state index in [2.05, 4.69) is 0 Å². The molecule has 19 heavy (non-hydrogen) atoms. The van der Waals surface area contributed by atoms with Crippen molar-refractivity contribution in [3.05, 3.63) is 0 Å². The Morgan fingerprint density at radius 3 is 2.21 bits per heavy atom.